The number of rotatable bonds is 7. The van der Waals surface area contributed by atoms with Crippen LogP contribution in [0.2, 0.25) is 0 Å². The molecule has 2 amide bonds. The number of hydrazone groups is 1. The van der Waals surface area contributed by atoms with Crippen LogP contribution < -0.4 is 15.6 Å². The zero-order chi connectivity index (χ0) is 24.9. The molecule has 0 saturated carbocycles. The summed E-state index contributed by atoms with van der Waals surface area (Å²) in [6, 6.07) is 20.0. The molecule has 0 aliphatic carbocycles. The molecule has 6 nitrogen and oxygen atoms in total. The second-order valence-electron chi connectivity index (χ2n) is 8.59. The maximum atomic E-state index is 13.3. The van der Waals surface area contributed by atoms with E-state index in [0.717, 1.165) is 35.5 Å². The lowest BCUT2D eigenvalue weighted by molar-refractivity contribution is -0.596. The van der Waals surface area contributed by atoms with Crippen LogP contribution in [0.25, 0.3) is 0 Å². The fourth-order valence-corrected chi connectivity index (χ4v) is 4.29. The summed E-state index contributed by atoms with van der Waals surface area (Å²) in [5.41, 5.74) is 7.22. The summed E-state index contributed by atoms with van der Waals surface area (Å²) in [4.78, 5) is 28.1. The Morgan fingerprint density at radius 1 is 1.00 bits per heavy atom. The van der Waals surface area contributed by atoms with Gasteiger partial charge in [-0.2, -0.15) is 0 Å². The van der Waals surface area contributed by atoms with Gasteiger partial charge in [-0.15, -0.1) is 10.1 Å². The summed E-state index contributed by atoms with van der Waals surface area (Å²) in [6.07, 6.45) is 1.87. The van der Waals surface area contributed by atoms with E-state index in [1.807, 2.05) is 49.5 Å². The van der Waals surface area contributed by atoms with Gasteiger partial charge in [0, 0.05) is 35.5 Å². The Bertz CT molecular complexity index is 1220. The average Bonchev–Trinajstić information content (AvgIpc) is 3.16. The van der Waals surface area contributed by atoms with Gasteiger partial charge < -0.3 is 10.2 Å². The van der Waals surface area contributed by atoms with Crippen molar-refractivity contribution in [2.75, 3.05) is 18.0 Å². The maximum absolute atomic E-state index is 13.3. The number of nitrogens with zero attached hydrogens (tertiary/aromatic N) is 2. The number of hydrogen-bond acceptors (Lipinski definition) is 3. The van der Waals surface area contributed by atoms with Crippen molar-refractivity contribution in [3.05, 3.63) is 101 Å². The SMILES string of the molecule is CCN(CC)c1ccc(/C=[N+]2\NC(=O)[C@H](NC(=O)c3ccc(F)cc3)[C@H]2c2ccc(C)cc2)cc1. The lowest BCUT2D eigenvalue weighted by Gasteiger charge is -2.20. The first-order valence-electron chi connectivity index (χ1n) is 11.8. The first-order valence-corrected chi connectivity index (χ1v) is 11.8. The fraction of sp³-hybridized carbons (Fsp3) is 0.250. The number of hydrazine groups is 1. The van der Waals surface area contributed by atoms with Gasteiger partial charge in [0.15, 0.2) is 6.04 Å². The molecule has 1 aliphatic heterocycles. The summed E-state index contributed by atoms with van der Waals surface area (Å²) < 4.78 is 15.0. The molecule has 0 aromatic heterocycles. The molecule has 1 aliphatic rings. The van der Waals surface area contributed by atoms with Crippen molar-refractivity contribution in [3.8, 4) is 0 Å². The molecule has 7 heteroatoms. The van der Waals surface area contributed by atoms with E-state index >= 15 is 0 Å². The highest BCUT2D eigenvalue weighted by Crippen LogP contribution is 2.26. The van der Waals surface area contributed by atoms with Crippen molar-refractivity contribution in [2.45, 2.75) is 32.9 Å². The third kappa shape index (κ3) is 5.40. The molecule has 3 aromatic carbocycles. The molecule has 0 spiro atoms. The highest BCUT2D eigenvalue weighted by molar-refractivity contribution is 5.98. The predicted octanol–water partition coefficient (Wildman–Crippen LogP) is 4.00. The van der Waals surface area contributed by atoms with Gasteiger partial charge in [0.05, 0.1) is 0 Å². The predicted molar refractivity (Wildman–Crippen MR) is 135 cm³/mol. The summed E-state index contributed by atoms with van der Waals surface area (Å²) >= 11 is 0. The smallest absolute Gasteiger partial charge is 0.304 e. The third-order valence-electron chi connectivity index (χ3n) is 6.26. The molecule has 35 heavy (non-hydrogen) atoms. The first kappa shape index (κ1) is 24.1. The van der Waals surface area contributed by atoms with Crippen LogP contribution in [0.4, 0.5) is 10.1 Å². The van der Waals surface area contributed by atoms with Crippen molar-refractivity contribution >= 4 is 23.7 Å². The number of hydrogen-bond donors (Lipinski definition) is 2. The van der Waals surface area contributed by atoms with Gasteiger partial charge in [-0.3, -0.25) is 9.59 Å². The summed E-state index contributed by atoms with van der Waals surface area (Å²) in [5, 5.41) is 2.84. The molecule has 4 rings (SSSR count). The van der Waals surface area contributed by atoms with E-state index in [9.17, 15) is 14.0 Å². The van der Waals surface area contributed by atoms with Crippen molar-refractivity contribution in [1.82, 2.24) is 10.7 Å². The van der Waals surface area contributed by atoms with E-state index in [4.69, 9.17) is 0 Å². The van der Waals surface area contributed by atoms with Crippen LogP contribution in [0.1, 0.15) is 46.9 Å². The lowest BCUT2D eigenvalue weighted by Crippen LogP contribution is -2.42. The third-order valence-corrected chi connectivity index (χ3v) is 6.26. The van der Waals surface area contributed by atoms with Crippen molar-refractivity contribution in [1.29, 1.82) is 0 Å². The van der Waals surface area contributed by atoms with Crippen LogP contribution in [0, 0.1) is 12.7 Å². The maximum Gasteiger partial charge on any atom is 0.304 e. The number of anilines is 1. The second-order valence-corrected chi connectivity index (χ2v) is 8.59. The van der Waals surface area contributed by atoms with Crippen molar-refractivity contribution in [3.63, 3.8) is 0 Å². The number of amides is 2. The van der Waals surface area contributed by atoms with Gasteiger partial charge in [-0.25, -0.2) is 4.39 Å². The van der Waals surface area contributed by atoms with Gasteiger partial charge in [0.2, 0.25) is 12.3 Å². The summed E-state index contributed by atoms with van der Waals surface area (Å²) in [7, 11) is 0. The zero-order valence-corrected chi connectivity index (χ0v) is 20.2. The second kappa shape index (κ2) is 10.5. The van der Waals surface area contributed by atoms with Gasteiger partial charge in [-0.05, 0) is 69.3 Å². The summed E-state index contributed by atoms with van der Waals surface area (Å²) in [5.74, 6) is -1.18. The number of carbonyl (C=O) groups is 2. The van der Waals surface area contributed by atoms with Gasteiger partial charge in [-0.1, -0.05) is 29.8 Å². The molecule has 2 N–H and O–H groups in total. The number of benzene rings is 3. The molecular weight excluding hydrogens is 443 g/mol. The first-order chi connectivity index (χ1) is 16.9. The lowest BCUT2D eigenvalue weighted by atomic mass is 9.98. The average molecular weight is 474 g/mol. The molecule has 1 saturated heterocycles. The minimum atomic E-state index is -0.832. The number of halogens is 1. The van der Waals surface area contributed by atoms with Crippen molar-refractivity contribution in [2.24, 2.45) is 0 Å². The van der Waals surface area contributed by atoms with Crippen LogP contribution in [-0.2, 0) is 4.79 Å². The Hall–Kier alpha value is -4.00. The fourth-order valence-electron chi connectivity index (χ4n) is 4.29. The van der Waals surface area contributed by atoms with Crippen LogP contribution in [0.5, 0.6) is 0 Å². The topological polar surface area (TPSA) is 64.5 Å². The van der Waals surface area contributed by atoms with Crippen LogP contribution >= 0.6 is 0 Å². The van der Waals surface area contributed by atoms with Gasteiger partial charge in [0.1, 0.15) is 5.82 Å². The molecule has 0 radical (unpaired) electrons. The Morgan fingerprint density at radius 3 is 2.23 bits per heavy atom. The standard InChI is InChI=1S/C28H29FN4O2/c1-4-32(5-2)24-16-8-20(9-17-24)18-33-26(21-10-6-19(3)7-11-21)25(28(35)31-33)30-27(34)22-12-14-23(29)15-13-22/h6-18,25-26H,4-5H2,1-3H3,(H-,30,31,34,35)/p+1/t25-,26-/m1/s1. The number of aryl methyl sites for hydroxylation is 1. The minimum absolute atomic E-state index is 0.288. The number of carbonyl (C=O) groups excluding carboxylic acids is 2. The largest absolute Gasteiger partial charge is 0.372 e. The molecule has 180 valence electrons. The van der Waals surface area contributed by atoms with E-state index in [1.165, 1.54) is 24.3 Å². The highest BCUT2D eigenvalue weighted by atomic mass is 19.1. The minimum Gasteiger partial charge on any atom is -0.372 e. The van der Waals surface area contributed by atoms with Crippen molar-refractivity contribution < 1.29 is 18.7 Å². The van der Waals surface area contributed by atoms with E-state index in [2.05, 4.69) is 41.6 Å². The molecule has 0 bridgehead atoms. The number of nitrogens with one attached hydrogen (secondary N) is 2. The van der Waals surface area contributed by atoms with E-state index in [0.29, 0.717) is 0 Å². The molecular formula is C28H30FN4O2+. The Balaban J connectivity index is 1.66. The molecule has 2 atom stereocenters. The zero-order valence-electron chi connectivity index (χ0n) is 20.2. The molecule has 1 heterocycles. The van der Waals surface area contributed by atoms with Crippen LogP contribution in [0.15, 0.2) is 72.8 Å². The monoisotopic (exact) mass is 473 g/mol. The van der Waals surface area contributed by atoms with Crippen LogP contribution in [0.3, 0.4) is 0 Å². The van der Waals surface area contributed by atoms with E-state index in [-0.39, 0.29) is 11.5 Å². The Labute approximate surface area is 205 Å². The Morgan fingerprint density at radius 2 is 1.63 bits per heavy atom. The molecule has 3 aromatic rings. The molecule has 1 fully saturated rings. The van der Waals surface area contributed by atoms with Crippen LogP contribution in [-0.4, -0.2) is 41.8 Å². The quantitative estimate of drug-likeness (QED) is 0.510. The Kier molecular flexibility index (Phi) is 7.25. The summed E-state index contributed by atoms with van der Waals surface area (Å²) in [6.45, 7) is 8.09. The normalized spacial score (nSPS) is 18.4. The van der Waals surface area contributed by atoms with Gasteiger partial charge in [0.25, 0.3) is 5.91 Å². The van der Waals surface area contributed by atoms with E-state index < -0.39 is 23.8 Å². The molecule has 0 unspecified atom stereocenters. The highest BCUT2D eigenvalue weighted by Gasteiger charge is 2.47. The van der Waals surface area contributed by atoms with Gasteiger partial charge >= 0.3 is 5.91 Å². The van der Waals surface area contributed by atoms with E-state index in [1.54, 1.807) is 4.68 Å².